The van der Waals surface area contributed by atoms with Gasteiger partial charge in [-0.15, -0.1) is 0 Å². The number of amides is 1. The van der Waals surface area contributed by atoms with Crippen molar-refractivity contribution in [3.63, 3.8) is 0 Å². The van der Waals surface area contributed by atoms with Crippen molar-refractivity contribution < 1.29 is 9.53 Å². The van der Waals surface area contributed by atoms with Gasteiger partial charge in [0, 0.05) is 19.1 Å². The van der Waals surface area contributed by atoms with Crippen molar-refractivity contribution in [1.82, 2.24) is 10.2 Å². The quantitative estimate of drug-likeness (QED) is 0.860. The van der Waals surface area contributed by atoms with Gasteiger partial charge in [0.05, 0.1) is 6.10 Å². The molecule has 0 aromatic heterocycles. The number of nitrogens with one attached hydrogen (secondary N) is 1. The number of hydrogen-bond donors (Lipinski definition) is 1. The Morgan fingerprint density at radius 1 is 1.10 bits per heavy atom. The predicted octanol–water partition coefficient (Wildman–Crippen LogP) is 2.32. The summed E-state index contributed by atoms with van der Waals surface area (Å²) in [5.74, 6) is 0.187. The van der Waals surface area contributed by atoms with E-state index in [1.807, 2.05) is 18.9 Å². The van der Waals surface area contributed by atoms with Crippen molar-refractivity contribution in [3.8, 4) is 0 Å². The predicted molar refractivity (Wildman–Crippen MR) is 80.7 cm³/mol. The number of rotatable bonds is 4. The zero-order valence-electron chi connectivity index (χ0n) is 13.1. The summed E-state index contributed by atoms with van der Waals surface area (Å²) in [5, 5.41) is 3.34. The van der Waals surface area contributed by atoms with Gasteiger partial charge in [-0.05, 0) is 39.7 Å². The van der Waals surface area contributed by atoms with Crippen LogP contribution in [0.1, 0.15) is 58.3 Å². The highest BCUT2D eigenvalue weighted by Crippen LogP contribution is 2.23. The van der Waals surface area contributed by atoms with E-state index in [0.29, 0.717) is 6.04 Å². The number of carbonyl (C=O) groups excluding carboxylic acids is 1. The molecule has 20 heavy (non-hydrogen) atoms. The summed E-state index contributed by atoms with van der Waals surface area (Å²) >= 11 is 0. The van der Waals surface area contributed by atoms with Gasteiger partial charge in [0.25, 0.3) is 5.91 Å². The van der Waals surface area contributed by atoms with E-state index in [0.717, 1.165) is 38.8 Å². The van der Waals surface area contributed by atoms with Crippen LogP contribution in [-0.4, -0.2) is 49.2 Å². The molecule has 0 radical (unpaired) electrons. The lowest BCUT2D eigenvalue weighted by Crippen LogP contribution is -2.47. The number of likely N-dealkylation sites (N-methyl/N-ethyl adjacent to an activating group) is 1. The molecule has 2 rings (SSSR count). The Morgan fingerprint density at radius 3 is 2.40 bits per heavy atom. The largest absolute Gasteiger partial charge is 0.364 e. The molecule has 1 heterocycles. The van der Waals surface area contributed by atoms with Crippen LogP contribution in [0.3, 0.4) is 0 Å². The number of hydrogen-bond acceptors (Lipinski definition) is 3. The van der Waals surface area contributed by atoms with Crippen molar-refractivity contribution in [1.29, 1.82) is 0 Å². The molecule has 4 heteroatoms. The van der Waals surface area contributed by atoms with Crippen LogP contribution in [0.4, 0.5) is 0 Å². The molecule has 0 aromatic carbocycles. The van der Waals surface area contributed by atoms with E-state index in [9.17, 15) is 4.79 Å². The molecule has 4 nitrogen and oxygen atoms in total. The second-order valence-electron chi connectivity index (χ2n) is 6.24. The Bertz CT molecular complexity index is 301. The van der Waals surface area contributed by atoms with Crippen molar-refractivity contribution in [2.75, 3.05) is 20.1 Å². The van der Waals surface area contributed by atoms with Crippen LogP contribution in [0.15, 0.2) is 0 Å². The molecule has 1 saturated heterocycles. The van der Waals surface area contributed by atoms with Gasteiger partial charge in [-0.25, -0.2) is 0 Å². The molecule has 1 aliphatic heterocycles. The maximum absolute atomic E-state index is 12.5. The van der Waals surface area contributed by atoms with Crippen LogP contribution in [0, 0.1) is 0 Å². The standard InChI is InChI=1S/C16H30N2O2/c1-13(16(19)18-11-7-3-4-8-12-18)20-15-10-6-5-9-14(15)17-2/h13-15,17H,3-12H2,1-2H3. The highest BCUT2D eigenvalue weighted by Gasteiger charge is 2.30. The van der Waals surface area contributed by atoms with E-state index in [1.54, 1.807) is 0 Å². The molecular weight excluding hydrogens is 252 g/mol. The second-order valence-corrected chi connectivity index (χ2v) is 6.24. The third-order valence-corrected chi connectivity index (χ3v) is 4.72. The number of carbonyl (C=O) groups is 1. The lowest BCUT2D eigenvalue weighted by molar-refractivity contribution is -0.148. The number of ether oxygens (including phenoxy) is 1. The molecule has 2 fully saturated rings. The fourth-order valence-electron chi connectivity index (χ4n) is 3.46. The summed E-state index contributed by atoms with van der Waals surface area (Å²) < 4.78 is 6.10. The molecule has 116 valence electrons. The first-order chi connectivity index (χ1) is 9.72. The van der Waals surface area contributed by atoms with E-state index in [-0.39, 0.29) is 18.1 Å². The first kappa shape index (κ1) is 15.8. The topological polar surface area (TPSA) is 41.6 Å². The molecule has 1 amide bonds. The minimum absolute atomic E-state index is 0.187. The zero-order valence-corrected chi connectivity index (χ0v) is 13.1. The van der Waals surface area contributed by atoms with E-state index in [1.165, 1.54) is 25.7 Å². The number of likely N-dealkylation sites (tertiary alicyclic amines) is 1. The van der Waals surface area contributed by atoms with Crippen LogP contribution in [0.25, 0.3) is 0 Å². The first-order valence-corrected chi connectivity index (χ1v) is 8.34. The average Bonchev–Trinajstić information content (AvgIpc) is 2.76. The third kappa shape index (κ3) is 4.19. The van der Waals surface area contributed by atoms with Crippen LogP contribution in [0.5, 0.6) is 0 Å². The highest BCUT2D eigenvalue weighted by molar-refractivity contribution is 5.80. The van der Waals surface area contributed by atoms with Crippen molar-refractivity contribution in [2.45, 2.75) is 76.5 Å². The monoisotopic (exact) mass is 282 g/mol. The van der Waals surface area contributed by atoms with Crippen LogP contribution in [0.2, 0.25) is 0 Å². The molecule has 3 atom stereocenters. The van der Waals surface area contributed by atoms with Gasteiger partial charge in [0.2, 0.25) is 0 Å². The minimum Gasteiger partial charge on any atom is -0.364 e. The second kappa shape index (κ2) is 7.99. The minimum atomic E-state index is -0.299. The molecule has 1 saturated carbocycles. The molecular formula is C16H30N2O2. The van der Waals surface area contributed by atoms with Gasteiger partial charge in [-0.1, -0.05) is 25.7 Å². The van der Waals surface area contributed by atoms with Crippen molar-refractivity contribution >= 4 is 5.91 Å². The molecule has 0 spiro atoms. The van der Waals surface area contributed by atoms with E-state index in [2.05, 4.69) is 5.32 Å². The highest BCUT2D eigenvalue weighted by atomic mass is 16.5. The van der Waals surface area contributed by atoms with Gasteiger partial charge in [0.15, 0.2) is 0 Å². The average molecular weight is 282 g/mol. The van der Waals surface area contributed by atoms with Crippen LogP contribution >= 0.6 is 0 Å². The van der Waals surface area contributed by atoms with Crippen molar-refractivity contribution in [2.24, 2.45) is 0 Å². The van der Waals surface area contributed by atoms with E-state index < -0.39 is 0 Å². The van der Waals surface area contributed by atoms with Gasteiger partial charge < -0.3 is 15.0 Å². The van der Waals surface area contributed by atoms with E-state index in [4.69, 9.17) is 4.74 Å². The smallest absolute Gasteiger partial charge is 0.251 e. The Hall–Kier alpha value is -0.610. The maximum atomic E-state index is 12.5. The summed E-state index contributed by atoms with van der Waals surface area (Å²) in [6.45, 7) is 3.74. The Kier molecular flexibility index (Phi) is 6.30. The molecule has 0 bridgehead atoms. The Labute approximate surface area is 123 Å². The molecule has 1 N–H and O–H groups in total. The SMILES string of the molecule is CNC1CCCCC1OC(C)C(=O)N1CCCCCC1. The Balaban J connectivity index is 1.85. The molecule has 2 aliphatic rings. The first-order valence-electron chi connectivity index (χ1n) is 8.34. The van der Waals surface area contributed by atoms with Gasteiger partial charge >= 0.3 is 0 Å². The lowest BCUT2D eigenvalue weighted by Gasteiger charge is -2.34. The summed E-state index contributed by atoms with van der Waals surface area (Å²) in [6.07, 6.45) is 9.39. The fourth-order valence-corrected chi connectivity index (χ4v) is 3.46. The van der Waals surface area contributed by atoms with Crippen molar-refractivity contribution in [3.05, 3.63) is 0 Å². The summed E-state index contributed by atoms with van der Waals surface area (Å²) in [5.41, 5.74) is 0. The maximum Gasteiger partial charge on any atom is 0.251 e. The molecule has 3 unspecified atom stereocenters. The van der Waals surface area contributed by atoms with Gasteiger partial charge in [-0.2, -0.15) is 0 Å². The van der Waals surface area contributed by atoms with Gasteiger partial charge in [0.1, 0.15) is 6.10 Å². The molecule has 1 aliphatic carbocycles. The molecule has 0 aromatic rings. The lowest BCUT2D eigenvalue weighted by atomic mass is 9.92. The summed E-state index contributed by atoms with van der Waals surface area (Å²) in [4.78, 5) is 14.5. The van der Waals surface area contributed by atoms with Crippen LogP contribution < -0.4 is 5.32 Å². The van der Waals surface area contributed by atoms with E-state index >= 15 is 0 Å². The summed E-state index contributed by atoms with van der Waals surface area (Å²) in [7, 11) is 1.99. The third-order valence-electron chi connectivity index (χ3n) is 4.72. The van der Waals surface area contributed by atoms with Crippen LogP contribution in [-0.2, 0) is 9.53 Å². The Morgan fingerprint density at radius 2 is 1.75 bits per heavy atom. The number of nitrogens with zero attached hydrogens (tertiary/aromatic N) is 1. The van der Waals surface area contributed by atoms with Gasteiger partial charge in [-0.3, -0.25) is 4.79 Å². The zero-order chi connectivity index (χ0) is 14.4. The normalized spacial score (nSPS) is 29.8. The fraction of sp³-hybridized carbons (Fsp3) is 0.938. The summed E-state index contributed by atoms with van der Waals surface area (Å²) in [6, 6.07) is 0.406.